The van der Waals surface area contributed by atoms with Crippen LogP contribution in [0.5, 0.6) is 0 Å². The number of nitrogens with one attached hydrogen (secondary N) is 2. The van der Waals surface area contributed by atoms with Crippen LogP contribution in [0.2, 0.25) is 0 Å². The van der Waals surface area contributed by atoms with Crippen molar-refractivity contribution < 1.29 is 0 Å². The molecule has 16 heavy (non-hydrogen) atoms. The maximum atomic E-state index is 4.04. The molecule has 0 aliphatic carbocycles. The van der Waals surface area contributed by atoms with Crippen molar-refractivity contribution in [1.29, 1.82) is 0 Å². The third kappa shape index (κ3) is 3.96. The van der Waals surface area contributed by atoms with E-state index >= 15 is 0 Å². The lowest BCUT2D eigenvalue weighted by atomic mass is 10.2. The van der Waals surface area contributed by atoms with Crippen molar-refractivity contribution in [3.05, 3.63) is 28.7 Å². The summed E-state index contributed by atoms with van der Waals surface area (Å²) >= 11 is 3.44. The van der Waals surface area contributed by atoms with Crippen LogP contribution in [0, 0.1) is 0 Å². The van der Waals surface area contributed by atoms with Crippen LogP contribution < -0.4 is 5.32 Å². The zero-order valence-corrected chi connectivity index (χ0v) is 10.5. The maximum Gasteiger partial charge on any atom is 0.183 e. The molecule has 0 aliphatic rings. The molecule has 2 heterocycles. The Morgan fingerprint density at radius 1 is 1.44 bits per heavy atom. The predicted octanol–water partition coefficient (Wildman–Crippen LogP) is 1.79. The lowest BCUT2D eigenvalue weighted by molar-refractivity contribution is 0.721. The van der Waals surface area contributed by atoms with Crippen LogP contribution in [-0.2, 0) is 6.42 Å². The van der Waals surface area contributed by atoms with E-state index in [0.717, 1.165) is 30.4 Å². The molecule has 0 bridgehead atoms. The maximum absolute atomic E-state index is 4.04. The Labute approximate surface area is 103 Å². The van der Waals surface area contributed by atoms with E-state index in [9.17, 15) is 0 Å². The Hall–Kier alpha value is -0.850. The molecule has 0 amide bonds. The Morgan fingerprint density at radius 2 is 2.44 bits per heavy atom. The monoisotopic (exact) mass is 254 g/mol. The average Bonchev–Trinajstić information content (AvgIpc) is 2.96. The van der Waals surface area contributed by atoms with E-state index in [4.69, 9.17) is 0 Å². The predicted molar refractivity (Wildman–Crippen MR) is 68.0 cm³/mol. The first-order valence-electron chi connectivity index (χ1n) is 5.15. The van der Waals surface area contributed by atoms with Gasteiger partial charge in [-0.2, -0.15) is 16.4 Å². The first-order valence-corrected chi connectivity index (χ1v) is 7.08. The Balaban J connectivity index is 1.49. The third-order valence-corrected chi connectivity index (χ3v) is 3.69. The van der Waals surface area contributed by atoms with Crippen molar-refractivity contribution >= 4 is 23.1 Å². The summed E-state index contributed by atoms with van der Waals surface area (Å²) in [7, 11) is 0. The van der Waals surface area contributed by atoms with Crippen molar-refractivity contribution in [2.24, 2.45) is 0 Å². The Kier molecular flexibility index (Phi) is 4.85. The van der Waals surface area contributed by atoms with Gasteiger partial charge in [-0.1, -0.05) is 11.8 Å². The van der Waals surface area contributed by atoms with Crippen LogP contribution in [0.4, 0.5) is 0 Å². The summed E-state index contributed by atoms with van der Waals surface area (Å²) in [4.78, 5) is 4.04. The molecule has 0 fully saturated rings. The molecule has 2 aromatic rings. The number of aromatic nitrogens is 3. The van der Waals surface area contributed by atoms with Crippen LogP contribution in [0.3, 0.4) is 0 Å². The largest absolute Gasteiger partial charge is 0.316 e. The zero-order valence-electron chi connectivity index (χ0n) is 8.85. The number of aromatic amines is 1. The second-order valence-electron chi connectivity index (χ2n) is 3.27. The van der Waals surface area contributed by atoms with Gasteiger partial charge in [-0.05, 0) is 35.4 Å². The van der Waals surface area contributed by atoms with Gasteiger partial charge in [0, 0.05) is 12.3 Å². The van der Waals surface area contributed by atoms with Gasteiger partial charge >= 0.3 is 0 Å². The number of nitrogens with zero attached hydrogens (tertiary/aromatic N) is 2. The number of thioether (sulfide) groups is 1. The van der Waals surface area contributed by atoms with Crippen LogP contribution in [0.1, 0.15) is 5.56 Å². The minimum absolute atomic E-state index is 0.889. The van der Waals surface area contributed by atoms with Gasteiger partial charge < -0.3 is 5.32 Å². The second kappa shape index (κ2) is 6.67. The first-order chi connectivity index (χ1) is 7.95. The van der Waals surface area contributed by atoms with E-state index in [0.29, 0.717) is 0 Å². The van der Waals surface area contributed by atoms with E-state index in [1.807, 2.05) is 0 Å². The standard InChI is InChI=1S/C10H14N4S2/c1(9-2-5-15-7-9)3-11-4-6-16-10-12-8-13-14-10/h2,5,7-8,11H,1,3-4,6H2,(H,12,13,14). The average molecular weight is 254 g/mol. The number of thiophene rings is 1. The van der Waals surface area contributed by atoms with Crippen molar-refractivity contribution in [1.82, 2.24) is 20.5 Å². The van der Waals surface area contributed by atoms with Gasteiger partial charge in [0.25, 0.3) is 0 Å². The normalized spacial score (nSPS) is 10.8. The van der Waals surface area contributed by atoms with Crippen LogP contribution in [0.15, 0.2) is 28.3 Å². The molecule has 0 unspecified atom stereocenters. The molecule has 0 atom stereocenters. The molecule has 0 saturated heterocycles. The molecule has 4 nitrogen and oxygen atoms in total. The summed E-state index contributed by atoms with van der Waals surface area (Å²) < 4.78 is 0. The summed E-state index contributed by atoms with van der Waals surface area (Å²) in [5.41, 5.74) is 1.42. The van der Waals surface area contributed by atoms with Crippen LogP contribution >= 0.6 is 23.1 Å². The molecular formula is C10H14N4S2. The van der Waals surface area contributed by atoms with E-state index in [1.54, 1.807) is 23.1 Å². The molecular weight excluding hydrogens is 240 g/mol. The SMILES string of the molecule is c1n[nH]c(SCCNCCc2ccsc2)n1. The van der Waals surface area contributed by atoms with Crippen molar-refractivity contribution in [3.63, 3.8) is 0 Å². The smallest absolute Gasteiger partial charge is 0.183 e. The molecule has 2 rings (SSSR count). The molecule has 0 aromatic carbocycles. The molecule has 2 aromatic heterocycles. The summed E-state index contributed by atoms with van der Waals surface area (Å²) in [5, 5.41) is 15.2. The van der Waals surface area contributed by atoms with Crippen LogP contribution in [0.25, 0.3) is 0 Å². The minimum Gasteiger partial charge on any atom is -0.316 e. The second-order valence-corrected chi connectivity index (χ2v) is 5.13. The summed E-state index contributed by atoms with van der Waals surface area (Å²) in [6, 6.07) is 2.18. The highest BCUT2D eigenvalue weighted by atomic mass is 32.2. The van der Waals surface area contributed by atoms with Gasteiger partial charge in [0.05, 0.1) is 0 Å². The van der Waals surface area contributed by atoms with E-state index in [1.165, 1.54) is 11.9 Å². The van der Waals surface area contributed by atoms with Gasteiger partial charge in [-0.15, -0.1) is 0 Å². The summed E-state index contributed by atoms with van der Waals surface area (Å²) in [5.74, 6) is 1.01. The van der Waals surface area contributed by atoms with E-state index in [2.05, 4.69) is 37.3 Å². The fraction of sp³-hybridized carbons (Fsp3) is 0.400. The first kappa shape index (κ1) is 11.6. The van der Waals surface area contributed by atoms with E-state index in [-0.39, 0.29) is 0 Å². The topological polar surface area (TPSA) is 53.6 Å². The van der Waals surface area contributed by atoms with Crippen molar-refractivity contribution in [2.45, 2.75) is 11.6 Å². The molecule has 0 radical (unpaired) electrons. The molecule has 0 spiro atoms. The van der Waals surface area contributed by atoms with Gasteiger partial charge in [0.15, 0.2) is 5.16 Å². The molecule has 0 aliphatic heterocycles. The summed E-state index contributed by atoms with van der Waals surface area (Å²) in [6.45, 7) is 2.03. The van der Waals surface area contributed by atoms with Gasteiger partial charge in [-0.25, -0.2) is 4.98 Å². The van der Waals surface area contributed by atoms with E-state index < -0.39 is 0 Å². The molecule has 6 heteroatoms. The lowest BCUT2D eigenvalue weighted by Gasteiger charge is -2.02. The highest BCUT2D eigenvalue weighted by molar-refractivity contribution is 7.99. The summed E-state index contributed by atoms with van der Waals surface area (Å²) in [6.07, 6.45) is 2.64. The number of hydrogen-bond acceptors (Lipinski definition) is 5. The number of hydrogen-bond donors (Lipinski definition) is 2. The van der Waals surface area contributed by atoms with Gasteiger partial charge in [0.2, 0.25) is 0 Å². The van der Waals surface area contributed by atoms with Crippen LogP contribution in [-0.4, -0.2) is 34.0 Å². The Morgan fingerprint density at radius 3 is 3.19 bits per heavy atom. The Bertz CT molecular complexity index is 333. The quantitative estimate of drug-likeness (QED) is 0.584. The van der Waals surface area contributed by atoms with Gasteiger partial charge in [0.1, 0.15) is 6.33 Å². The zero-order chi connectivity index (χ0) is 11.1. The highest BCUT2D eigenvalue weighted by Gasteiger charge is 1.96. The highest BCUT2D eigenvalue weighted by Crippen LogP contribution is 2.09. The number of rotatable bonds is 7. The molecule has 86 valence electrons. The van der Waals surface area contributed by atoms with Gasteiger partial charge in [-0.3, -0.25) is 5.10 Å². The minimum atomic E-state index is 0.889. The lowest BCUT2D eigenvalue weighted by Crippen LogP contribution is -2.19. The third-order valence-electron chi connectivity index (χ3n) is 2.08. The molecule has 2 N–H and O–H groups in total. The molecule has 0 saturated carbocycles. The van der Waals surface area contributed by atoms with Crippen molar-refractivity contribution in [2.75, 3.05) is 18.8 Å². The fourth-order valence-electron chi connectivity index (χ4n) is 1.28. The fourth-order valence-corrected chi connectivity index (χ4v) is 2.66. The van der Waals surface area contributed by atoms with Crippen molar-refractivity contribution in [3.8, 4) is 0 Å². The number of H-pyrrole nitrogens is 1.